The number of para-hydroxylation sites is 1. The van der Waals surface area contributed by atoms with Crippen LogP contribution in [0.25, 0.3) is 10.9 Å². The number of rotatable bonds is 9. The Bertz CT molecular complexity index is 1890. The highest BCUT2D eigenvalue weighted by atomic mass is 19.1. The maximum Gasteiger partial charge on any atom is 0.425 e. The molecule has 2 bridgehead atoms. The molecule has 6 rings (SSSR count). The summed E-state index contributed by atoms with van der Waals surface area (Å²) in [6, 6.07) is 8.99. The molecular formula is C44H64FN5O9. The molecule has 2 aromatic rings. The maximum absolute atomic E-state index is 17.0. The normalized spacial score (nSPS) is 38.8. The molecule has 326 valence electrons. The van der Waals surface area contributed by atoms with Crippen molar-refractivity contribution >= 4 is 34.5 Å². The average Bonchev–Trinajstić information content (AvgIpc) is 3.37. The largest absolute Gasteiger partial charge is 0.455 e. The molecule has 1 unspecified atom stereocenters. The molecule has 1 amide bonds. The van der Waals surface area contributed by atoms with Gasteiger partial charge in [0.1, 0.15) is 24.9 Å². The second-order valence-electron chi connectivity index (χ2n) is 17.9. The number of likely N-dealkylation sites (N-methyl/N-ethyl adjacent to an activating group) is 1. The number of aliphatic hydroxyl groups excluding tert-OH is 1. The van der Waals surface area contributed by atoms with Crippen LogP contribution in [0.4, 0.5) is 9.18 Å². The topological polar surface area (TPSA) is 153 Å². The van der Waals surface area contributed by atoms with Gasteiger partial charge in [-0.25, -0.2) is 19.0 Å². The number of methoxy groups -OCH3 is 1. The zero-order chi connectivity index (χ0) is 43.2. The molecule has 3 saturated heterocycles. The molecule has 1 N–H and O–H groups in total. The second-order valence-corrected chi connectivity index (χ2v) is 17.9. The van der Waals surface area contributed by atoms with Gasteiger partial charge in [-0.05, 0) is 91.4 Å². The van der Waals surface area contributed by atoms with E-state index >= 15 is 4.39 Å². The minimum absolute atomic E-state index is 0.142. The zero-order valence-electron chi connectivity index (χ0n) is 36.5. The van der Waals surface area contributed by atoms with Crippen molar-refractivity contribution in [2.24, 2.45) is 22.7 Å². The molecule has 5 heterocycles. The smallest absolute Gasteiger partial charge is 0.425 e. The number of ether oxygens (including phenoxy) is 5. The highest BCUT2D eigenvalue weighted by Gasteiger charge is 2.63. The summed E-state index contributed by atoms with van der Waals surface area (Å²) in [7, 11) is 5.21. The van der Waals surface area contributed by atoms with Gasteiger partial charge in [-0.15, -0.1) is 0 Å². The van der Waals surface area contributed by atoms with Crippen molar-refractivity contribution in [3.8, 4) is 0 Å². The number of pyridine rings is 1. The van der Waals surface area contributed by atoms with Crippen LogP contribution in [-0.4, -0.2) is 143 Å². The first kappa shape index (κ1) is 44.9. The van der Waals surface area contributed by atoms with E-state index in [1.54, 1.807) is 32.0 Å². The molecule has 4 aliphatic heterocycles. The van der Waals surface area contributed by atoms with E-state index in [1.807, 2.05) is 69.0 Å². The van der Waals surface area contributed by atoms with Crippen molar-refractivity contribution in [3.63, 3.8) is 0 Å². The van der Waals surface area contributed by atoms with Gasteiger partial charge in [0.25, 0.3) is 5.67 Å². The number of halogens is 1. The van der Waals surface area contributed by atoms with E-state index in [0.717, 1.165) is 29.1 Å². The Morgan fingerprint density at radius 1 is 1.05 bits per heavy atom. The number of benzene rings is 1. The third-order valence-electron chi connectivity index (χ3n) is 13.4. The average molecular weight is 826 g/mol. The van der Waals surface area contributed by atoms with Gasteiger partial charge in [0.2, 0.25) is 0 Å². The van der Waals surface area contributed by atoms with Crippen LogP contribution >= 0.6 is 0 Å². The predicted molar refractivity (Wildman–Crippen MR) is 219 cm³/mol. The summed E-state index contributed by atoms with van der Waals surface area (Å²) in [6.45, 7) is 14.1. The summed E-state index contributed by atoms with van der Waals surface area (Å²) in [5.74, 6) is -4.53. The molecule has 4 aliphatic rings. The lowest BCUT2D eigenvalue weighted by molar-refractivity contribution is -0.295. The molecular weight excluding hydrogens is 762 g/mol. The van der Waals surface area contributed by atoms with E-state index in [9.17, 15) is 19.5 Å². The van der Waals surface area contributed by atoms with Crippen LogP contribution in [0.1, 0.15) is 86.6 Å². The Balaban J connectivity index is 1.40. The van der Waals surface area contributed by atoms with Crippen LogP contribution in [0.3, 0.4) is 0 Å². The van der Waals surface area contributed by atoms with Gasteiger partial charge in [-0.1, -0.05) is 52.0 Å². The third kappa shape index (κ3) is 8.39. The van der Waals surface area contributed by atoms with Gasteiger partial charge < -0.3 is 33.7 Å². The summed E-state index contributed by atoms with van der Waals surface area (Å²) < 4.78 is 48.3. The summed E-state index contributed by atoms with van der Waals surface area (Å²) in [6.07, 6.45) is -1.49. The number of ketones is 1. The minimum atomic E-state index is -3.13. The Morgan fingerprint density at radius 3 is 2.44 bits per heavy atom. The number of alkyl halides is 1. The Labute approximate surface area is 347 Å². The molecule has 13 atom stereocenters. The molecule has 0 spiro atoms. The second kappa shape index (κ2) is 17.4. The molecule has 1 aromatic carbocycles. The zero-order valence-corrected chi connectivity index (χ0v) is 36.5. The number of cyclic esters (lactones) is 1. The fraction of sp³-hybridized carbons (Fsp3) is 0.705. The first-order valence-corrected chi connectivity index (χ1v) is 21.1. The molecule has 1 aromatic heterocycles. The van der Waals surface area contributed by atoms with Crippen molar-refractivity contribution < 1.29 is 47.6 Å². The van der Waals surface area contributed by atoms with E-state index < -0.39 is 77.2 Å². The van der Waals surface area contributed by atoms with Crippen LogP contribution in [0.2, 0.25) is 0 Å². The number of hydrogen-bond donors (Lipinski definition) is 1. The monoisotopic (exact) mass is 825 g/mol. The summed E-state index contributed by atoms with van der Waals surface area (Å²) in [5.41, 5.74) is -3.11. The third-order valence-corrected chi connectivity index (χ3v) is 13.4. The summed E-state index contributed by atoms with van der Waals surface area (Å²) in [5, 5.41) is 16.1. The van der Waals surface area contributed by atoms with Crippen LogP contribution < -0.4 is 0 Å². The molecule has 59 heavy (non-hydrogen) atoms. The van der Waals surface area contributed by atoms with E-state index in [4.69, 9.17) is 28.7 Å². The fourth-order valence-corrected chi connectivity index (χ4v) is 10.2. The summed E-state index contributed by atoms with van der Waals surface area (Å²) >= 11 is 0. The van der Waals surface area contributed by atoms with E-state index in [1.165, 1.54) is 14.0 Å². The van der Waals surface area contributed by atoms with Gasteiger partial charge in [0.05, 0.1) is 23.3 Å². The number of hydrazine groups is 1. The SMILES string of the molecule is CC[C@@H]1OC(=O)C(C)(F)C(=O)[C@H](C)[C@@H](O[C@@H]2O[C@H](C)C[C@H](N(C)C)[C@H]2O)[C@@](C)(OC)C[C@@H](C)C2=NCN(CCCc3cccc4cccnc34)N3C(=O)O[C@@]1(C)[C@H]3[C@@H]2C. The van der Waals surface area contributed by atoms with Crippen LogP contribution in [0.5, 0.6) is 0 Å². The number of Topliss-reactive ketones (excluding diaryl/α,β-unsaturated/α-hetero) is 1. The van der Waals surface area contributed by atoms with E-state index in [2.05, 4.69) is 11.1 Å². The van der Waals surface area contributed by atoms with Crippen molar-refractivity contribution in [1.29, 1.82) is 0 Å². The first-order valence-electron chi connectivity index (χ1n) is 21.1. The lowest BCUT2D eigenvalue weighted by Crippen LogP contribution is -2.62. The number of carbonyl (C=O) groups excluding carboxylic acids is 3. The highest BCUT2D eigenvalue weighted by Crippen LogP contribution is 2.45. The molecule has 0 radical (unpaired) electrons. The fourth-order valence-electron chi connectivity index (χ4n) is 10.2. The number of carbonyl (C=O) groups is 3. The van der Waals surface area contributed by atoms with Crippen LogP contribution in [-0.2, 0) is 39.7 Å². The number of esters is 1. The van der Waals surface area contributed by atoms with E-state index in [-0.39, 0.29) is 37.6 Å². The predicted octanol–water partition coefficient (Wildman–Crippen LogP) is 5.52. The Kier molecular flexibility index (Phi) is 13.3. The van der Waals surface area contributed by atoms with Gasteiger partial charge in [-0.2, -0.15) is 5.01 Å². The molecule has 3 fully saturated rings. The Morgan fingerprint density at radius 2 is 1.76 bits per heavy atom. The number of nitrogens with zero attached hydrogens (tertiary/aromatic N) is 5. The first-order chi connectivity index (χ1) is 27.8. The molecule has 0 aliphatic carbocycles. The van der Waals surface area contributed by atoms with Gasteiger partial charge in [0, 0.05) is 48.8 Å². The van der Waals surface area contributed by atoms with Gasteiger partial charge in [0.15, 0.2) is 17.7 Å². The van der Waals surface area contributed by atoms with Crippen LogP contribution in [0.15, 0.2) is 41.5 Å². The van der Waals surface area contributed by atoms with Crippen LogP contribution in [0, 0.1) is 17.8 Å². The number of amides is 1. The van der Waals surface area contributed by atoms with Crippen molar-refractivity contribution in [3.05, 3.63) is 42.1 Å². The number of aliphatic hydroxyl groups is 1. The number of hydrogen-bond acceptors (Lipinski definition) is 13. The number of fused-ring (bicyclic) bond motifs is 2. The molecule has 0 saturated carbocycles. The number of aromatic nitrogens is 1. The quantitative estimate of drug-likeness (QED) is 0.250. The number of aryl methyl sites for hydroxylation is 1. The summed E-state index contributed by atoms with van der Waals surface area (Å²) in [4.78, 5) is 54.3. The van der Waals surface area contributed by atoms with Crippen molar-refractivity contribution in [2.45, 2.75) is 147 Å². The standard InChI is InChI=1S/C44H64FN5O9/c1-12-32-44(8)36-27(4)33(47-24-49(50(36)41(54)59-44)21-15-19-30-17-13-16-29-18-14-20-46-34(29)30)25(2)23-42(6,55-11)38(28(5)37(52)43(7,45)40(53)57-32)58-39-35(51)31(48(9)10)22-26(3)56-39/h13-14,16-18,20,25-28,31-32,35-36,38-39,51H,12,15,19,21-24H2,1-11H3/t25-,26-,27-,28+,31+,32+,35-,36-,38-,39+,42+,43?,44-/m1/s1. The lowest BCUT2D eigenvalue weighted by atomic mass is 9.73. The van der Waals surface area contributed by atoms with Crippen molar-refractivity contribution in [2.75, 3.05) is 34.4 Å². The maximum atomic E-state index is 17.0. The molecule has 14 nitrogen and oxygen atoms in total. The lowest BCUT2D eigenvalue weighted by Gasteiger charge is -2.47. The van der Waals surface area contributed by atoms with Gasteiger partial charge >= 0.3 is 12.1 Å². The van der Waals surface area contributed by atoms with Gasteiger partial charge in [-0.3, -0.25) is 14.8 Å². The minimum Gasteiger partial charge on any atom is -0.455 e. The van der Waals surface area contributed by atoms with Crippen molar-refractivity contribution in [1.82, 2.24) is 19.9 Å². The number of aliphatic imine (C=N–C) groups is 1. The van der Waals surface area contributed by atoms with E-state index in [0.29, 0.717) is 25.8 Å². The highest BCUT2D eigenvalue weighted by molar-refractivity contribution is 6.08. The molecule has 15 heteroatoms. The Hall–Kier alpha value is -3.60.